The molecule has 0 aliphatic carbocycles. The lowest BCUT2D eigenvalue weighted by atomic mass is 10.1. The molecule has 0 spiro atoms. The van der Waals surface area contributed by atoms with Crippen molar-refractivity contribution in [2.75, 3.05) is 6.61 Å². The Bertz CT molecular complexity index is 1360. The number of ether oxygens (including phenoxy) is 1. The van der Waals surface area contributed by atoms with E-state index < -0.39 is 5.97 Å². The molecule has 0 atom stereocenters. The van der Waals surface area contributed by atoms with Crippen LogP contribution in [0.25, 0.3) is 17.5 Å². The Morgan fingerprint density at radius 2 is 1.50 bits per heavy atom. The minimum absolute atomic E-state index is 0.235. The molecule has 0 unspecified atom stereocenters. The van der Waals surface area contributed by atoms with Crippen LogP contribution in [0.3, 0.4) is 0 Å². The molecular weight excluding hydrogens is 426 g/mol. The minimum atomic E-state index is -0.573. The number of ketones is 1. The average Bonchev–Trinajstić information content (AvgIpc) is 3.31. The largest absolute Gasteiger partial charge is 0.454 e. The van der Waals surface area contributed by atoms with Crippen LogP contribution < -0.4 is 0 Å². The molecule has 0 fully saturated rings. The zero-order valence-corrected chi connectivity index (χ0v) is 19.8. The van der Waals surface area contributed by atoms with Gasteiger partial charge >= 0.3 is 5.97 Å². The normalized spacial score (nSPS) is 11.2. The van der Waals surface area contributed by atoms with Crippen molar-refractivity contribution in [1.29, 1.82) is 0 Å². The van der Waals surface area contributed by atoms with Crippen molar-refractivity contribution in [3.05, 3.63) is 107 Å². The third-order valence-corrected chi connectivity index (χ3v) is 5.83. The van der Waals surface area contributed by atoms with E-state index in [4.69, 9.17) is 4.74 Å². The third kappa shape index (κ3) is 4.62. The Morgan fingerprint density at radius 1 is 0.882 bits per heavy atom. The Kier molecular flexibility index (Phi) is 6.59. The third-order valence-electron chi connectivity index (χ3n) is 5.83. The molecule has 172 valence electrons. The van der Waals surface area contributed by atoms with Gasteiger partial charge in [0.15, 0.2) is 6.61 Å². The molecule has 2 aromatic heterocycles. The summed E-state index contributed by atoms with van der Waals surface area (Å²) in [6, 6.07) is 21.5. The van der Waals surface area contributed by atoms with Crippen LogP contribution in [-0.2, 0) is 9.53 Å². The lowest BCUT2D eigenvalue weighted by molar-refractivity contribution is -0.136. The lowest BCUT2D eigenvalue weighted by Crippen LogP contribution is -2.13. The summed E-state index contributed by atoms with van der Waals surface area (Å²) in [6.07, 6.45) is 3.03. The average molecular weight is 454 g/mol. The summed E-state index contributed by atoms with van der Waals surface area (Å²) in [6.45, 7) is 7.37. The van der Waals surface area contributed by atoms with E-state index in [1.165, 1.54) is 6.08 Å². The number of hydrogen-bond donors (Lipinski definition) is 0. The van der Waals surface area contributed by atoms with Crippen LogP contribution in [0.2, 0.25) is 0 Å². The van der Waals surface area contributed by atoms with E-state index >= 15 is 0 Å². The van der Waals surface area contributed by atoms with E-state index in [2.05, 4.69) is 5.10 Å². The molecule has 2 aromatic carbocycles. The molecule has 0 N–H and O–H groups in total. The monoisotopic (exact) mass is 453 g/mol. The number of nitrogens with zero attached hydrogens (tertiary/aromatic N) is 3. The molecule has 2 heterocycles. The molecule has 0 saturated carbocycles. The van der Waals surface area contributed by atoms with Gasteiger partial charge in [-0.15, -0.1) is 0 Å². The number of benzene rings is 2. The number of rotatable bonds is 7. The predicted molar refractivity (Wildman–Crippen MR) is 133 cm³/mol. The Hall–Kier alpha value is -4.19. The molecule has 0 radical (unpaired) electrons. The number of esters is 1. The van der Waals surface area contributed by atoms with Crippen molar-refractivity contribution >= 4 is 17.8 Å². The predicted octanol–water partition coefficient (Wildman–Crippen LogP) is 5.34. The highest BCUT2D eigenvalue weighted by atomic mass is 16.5. The molecule has 34 heavy (non-hydrogen) atoms. The highest BCUT2D eigenvalue weighted by Gasteiger charge is 2.18. The van der Waals surface area contributed by atoms with Crippen molar-refractivity contribution in [2.45, 2.75) is 27.7 Å². The smallest absolute Gasteiger partial charge is 0.331 e. The van der Waals surface area contributed by atoms with E-state index in [-0.39, 0.29) is 12.4 Å². The molecular formula is C28H27N3O3. The van der Waals surface area contributed by atoms with Gasteiger partial charge in [0, 0.05) is 40.0 Å². The minimum Gasteiger partial charge on any atom is -0.454 e. The van der Waals surface area contributed by atoms with Crippen molar-refractivity contribution in [2.24, 2.45) is 0 Å². The second kappa shape index (κ2) is 9.75. The second-order valence-electron chi connectivity index (χ2n) is 8.15. The summed E-state index contributed by atoms with van der Waals surface area (Å²) in [5.41, 5.74) is 6.81. The molecule has 6 nitrogen and oxygen atoms in total. The standard InChI is InChI=1S/C28H27N3O3/c1-19-17-26(21(3)30(19)23-11-7-5-8-12-23)27(32)18-34-28(33)16-15-25-20(2)29-31(22(25)4)24-13-9-6-10-14-24/h5-17H,18H2,1-4H3. The van der Waals surface area contributed by atoms with E-state index in [9.17, 15) is 9.59 Å². The number of carbonyl (C=O) groups excluding carboxylic acids is 2. The van der Waals surface area contributed by atoms with Gasteiger partial charge in [0.25, 0.3) is 0 Å². The maximum Gasteiger partial charge on any atom is 0.331 e. The summed E-state index contributed by atoms with van der Waals surface area (Å²) < 4.78 is 9.11. The summed E-state index contributed by atoms with van der Waals surface area (Å²) >= 11 is 0. The summed E-state index contributed by atoms with van der Waals surface area (Å²) in [4.78, 5) is 25.1. The number of Topliss-reactive ketones (excluding diaryl/α,β-unsaturated/α-hetero) is 1. The van der Waals surface area contributed by atoms with Crippen molar-refractivity contribution in [3.63, 3.8) is 0 Å². The van der Waals surface area contributed by atoms with Gasteiger partial charge in [-0.05, 0) is 64.1 Å². The molecule has 0 saturated heterocycles. The molecule has 4 rings (SSSR count). The van der Waals surface area contributed by atoms with Crippen molar-refractivity contribution < 1.29 is 14.3 Å². The van der Waals surface area contributed by atoms with Gasteiger partial charge in [0.1, 0.15) is 0 Å². The molecule has 0 aliphatic heterocycles. The SMILES string of the molecule is Cc1nn(-c2ccccc2)c(C)c1C=CC(=O)OCC(=O)c1cc(C)n(-c2ccccc2)c1C. The topological polar surface area (TPSA) is 66.1 Å². The van der Waals surface area contributed by atoms with Crippen molar-refractivity contribution in [1.82, 2.24) is 14.3 Å². The van der Waals surface area contributed by atoms with Crippen LogP contribution in [0.1, 0.15) is 38.7 Å². The molecule has 4 aromatic rings. The van der Waals surface area contributed by atoms with E-state index in [1.54, 1.807) is 6.08 Å². The van der Waals surface area contributed by atoms with Gasteiger partial charge < -0.3 is 9.30 Å². The molecule has 0 bridgehead atoms. The molecule has 6 heteroatoms. The van der Waals surface area contributed by atoms with Gasteiger partial charge in [-0.25, -0.2) is 9.48 Å². The highest BCUT2D eigenvalue weighted by Crippen LogP contribution is 2.22. The first-order chi connectivity index (χ1) is 16.4. The number of aryl methyl sites for hydroxylation is 2. The number of carbonyl (C=O) groups is 2. The molecule has 0 amide bonds. The second-order valence-corrected chi connectivity index (χ2v) is 8.15. The zero-order chi connectivity index (χ0) is 24.2. The van der Waals surface area contributed by atoms with Crippen LogP contribution in [0.15, 0.2) is 72.8 Å². The van der Waals surface area contributed by atoms with Crippen LogP contribution >= 0.6 is 0 Å². The Balaban J connectivity index is 1.43. The van der Waals surface area contributed by atoms with Crippen LogP contribution in [0, 0.1) is 27.7 Å². The van der Waals surface area contributed by atoms with Gasteiger partial charge in [-0.2, -0.15) is 5.10 Å². The highest BCUT2D eigenvalue weighted by molar-refractivity contribution is 6.00. The van der Waals surface area contributed by atoms with Crippen LogP contribution in [-0.4, -0.2) is 32.7 Å². The van der Waals surface area contributed by atoms with Gasteiger partial charge in [-0.3, -0.25) is 4.79 Å². The number of aromatic nitrogens is 3. The van der Waals surface area contributed by atoms with Gasteiger partial charge in [-0.1, -0.05) is 36.4 Å². The fourth-order valence-corrected chi connectivity index (χ4v) is 4.15. The van der Waals surface area contributed by atoms with Gasteiger partial charge in [0.2, 0.25) is 5.78 Å². The Morgan fingerprint density at radius 3 is 2.15 bits per heavy atom. The first-order valence-corrected chi connectivity index (χ1v) is 11.1. The number of hydrogen-bond acceptors (Lipinski definition) is 4. The van der Waals surface area contributed by atoms with E-state index in [1.807, 2.05) is 104 Å². The first kappa shape index (κ1) is 23.0. The zero-order valence-electron chi connectivity index (χ0n) is 19.8. The summed E-state index contributed by atoms with van der Waals surface area (Å²) in [7, 11) is 0. The summed E-state index contributed by atoms with van der Waals surface area (Å²) in [5.74, 6) is -0.808. The maximum absolute atomic E-state index is 12.8. The van der Waals surface area contributed by atoms with Crippen LogP contribution in [0.4, 0.5) is 0 Å². The maximum atomic E-state index is 12.8. The van der Waals surface area contributed by atoms with Crippen molar-refractivity contribution in [3.8, 4) is 11.4 Å². The fourth-order valence-electron chi connectivity index (χ4n) is 4.15. The van der Waals surface area contributed by atoms with E-state index in [0.717, 1.165) is 39.7 Å². The van der Waals surface area contributed by atoms with Gasteiger partial charge in [0.05, 0.1) is 11.4 Å². The first-order valence-electron chi connectivity index (χ1n) is 11.1. The van der Waals surface area contributed by atoms with Crippen LogP contribution in [0.5, 0.6) is 0 Å². The molecule has 0 aliphatic rings. The Labute approximate surface area is 199 Å². The fraction of sp³-hybridized carbons (Fsp3) is 0.179. The van der Waals surface area contributed by atoms with E-state index in [0.29, 0.717) is 5.56 Å². The summed E-state index contributed by atoms with van der Waals surface area (Å²) in [5, 5.41) is 4.57. The quantitative estimate of drug-likeness (QED) is 0.215. The lowest BCUT2D eigenvalue weighted by Gasteiger charge is -2.09. The number of para-hydroxylation sites is 2.